The van der Waals surface area contributed by atoms with Crippen molar-refractivity contribution in [3.05, 3.63) is 105 Å². The van der Waals surface area contributed by atoms with Gasteiger partial charge < -0.3 is 9.57 Å². The Morgan fingerprint density at radius 1 is 1.03 bits per heavy atom. The molecule has 0 aromatic heterocycles. The summed E-state index contributed by atoms with van der Waals surface area (Å²) in [6.45, 7) is 0.384. The van der Waals surface area contributed by atoms with E-state index in [-0.39, 0.29) is 0 Å². The Morgan fingerprint density at radius 3 is 2.55 bits per heavy atom. The topological polar surface area (TPSA) is 47.9 Å². The maximum Gasteiger partial charge on any atom is 0.368 e. The number of hydrogen-bond acceptors (Lipinski definition) is 4. The molecule has 0 aliphatic carbocycles. The minimum Gasteiger partial charge on any atom is -0.488 e. The first-order valence-corrected chi connectivity index (χ1v) is 10.0. The number of oxime groups is 1. The van der Waals surface area contributed by atoms with Crippen LogP contribution in [0.2, 0.25) is 5.02 Å². The van der Waals surface area contributed by atoms with Crippen LogP contribution in [0, 0.1) is 0 Å². The molecule has 0 fully saturated rings. The lowest BCUT2D eigenvalue weighted by molar-refractivity contribution is -0.136. The fourth-order valence-corrected chi connectivity index (χ4v) is 3.32. The largest absolute Gasteiger partial charge is 0.488 e. The van der Waals surface area contributed by atoms with E-state index in [1.807, 2.05) is 54.6 Å². The second kappa shape index (κ2) is 8.64. The molecule has 0 bridgehead atoms. The van der Waals surface area contributed by atoms with Gasteiger partial charge in [0.2, 0.25) is 0 Å². The summed E-state index contributed by atoms with van der Waals surface area (Å²) in [5.74, 6) is 0.0969. The van der Waals surface area contributed by atoms with Gasteiger partial charge in [-0.25, -0.2) is 4.79 Å². The zero-order valence-electron chi connectivity index (χ0n) is 15.1. The van der Waals surface area contributed by atoms with Gasteiger partial charge in [0.15, 0.2) is 0 Å². The molecule has 3 aromatic rings. The molecule has 0 saturated carbocycles. The predicted octanol–water partition coefficient (Wildman–Crippen LogP) is 6.03. The van der Waals surface area contributed by atoms with E-state index in [2.05, 4.69) is 21.1 Å². The Hall–Kier alpha value is -2.89. The van der Waals surface area contributed by atoms with Crippen LogP contribution < -0.4 is 4.74 Å². The molecule has 6 heteroatoms. The van der Waals surface area contributed by atoms with Crippen molar-refractivity contribution in [1.82, 2.24) is 0 Å². The highest BCUT2D eigenvalue weighted by Crippen LogP contribution is 2.29. The van der Waals surface area contributed by atoms with E-state index in [9.17, 15) is 4.79 Å². The highest BCUT2D eigenvalue weighted by atomic mass is 79.9. The first kappa shape index (κ1) is 19.4. The fraction of sp³-hybridized carbons (Fsp3) is 0.0435. The Bertz CT molecular complexity index is 1110. The summed E-state index contributed by atoms with van der Waals surface area (Å²) in [6, 6.07) is 22.6. The van der Waals surface area contributed by atoms with Crippen LogP contribution in [0.25, 0.3) is 6.08 Å². The van der Waals surface area contributed by atoms with Crippen molar-refractivity contribution in [3.8, 4) is 5.75 Å². The molecule has 3 aromatic carbocycles. The van der Waals surface area contributed by atoms with Crippen LogP contribution in [0.15, 0.2) is 88.0 Å². The van der Waals surface area contributed by atoms with E-state index in [0.717, 1.165) is 15.6 Å². The number of ether oxygens (including phenoxy) is 1. The normalized spacial score (nSPS) is 14.6. The van der Waals surface area contributed by atoms with Crippen LogP contribution in [0.3, 0.4) is 0 Å². The minimum absolute atomic E-state index is 0.354. The summed E-state index contributed by atoms with van der Waals surface area (Å²) in [7, 11) is 0. The molecule has 0 atom stereocenters. The van der Waals surface area contributed by atoms with Gasteiger partial charge in [-0.15, -0.1) is 0 Å². The number of benzene rings is 3. The van der Waals surface area contributed by atoms with Crippen LogP contribution in [0.4, 0.5) is 0 Å². The molecule has 1 aliphatic heterocycles. The molecule has 4 rings (SSSR count). The Balaban J connectivity index is 1.65. The lowest BCUT2D eigenvalue weighted by atomic mass is 10.0. The number of carbonyl (C=O) groups excluding carboxylic acids is 1. The molecule has 0 saturated heterocycles. The fourth-order valence-electron chi connectivity index (χ4n) is 2.87. The van der Waals surface area contributed by atoms with Gasteiger partial charge in [-0.1, -0.05) is 75.2 Å². The van der Waals surface area contributed by atoms with Crippen molar-refractivity contribution in [1.29, 1.82) is 0 Å². The Morgan fingerprint density at radius 2 is 1.79 bits per heavy atom. The number of carbonyl (C=O) groups is 1. The highest BCUT2D eigenvalue weighted by molar-refractivity contribution is 9.10. The summed E-state index contributed by atoms with van der Waals surface area (Å²) in [6.07, 6.45) is 1.70. The standard InChI is InChI=1S/C23H15BrClNO3/c24-18-8-6-15(7-9-18)14-28-21-11-10-19(25)12-17(21)13-20-22(26-29-23(20)27)16-4-2-1-3-5-16/h1-13H,14H2/b20-13-. The first-order valence-electron chi connectivity index (χ1n) is 8.84. The molecule has 0 N–H and O–H groups in total. The van der Waals surface area contributed by atoms with Gasteiger partial charge in [-0.2, -0.15) is 0 Å². The summed E-state index contributed by atoms with van der Waals surface area (Å²) in [5, 5.41) is 4.48. The second-order valence-corrected chi connectivity index (χ2v) is 7.69. The van der Waals surface area contributed by atoms with Gasteiger partial charge in [0.05, 0.1) is 5.57 Å². The summed E-state index contributed by atoms with van der Waals surface area (Å²) in [5.41, 5.74) is 3.33. The van der Waals surface area contributed by atoms with Gasteiger partial charge in [-0.3, -0.25) is 0 Å². The third-order valence-corrected chi connectivity index (χ3v) is 5.09. The average molecular weight is 469 g/mol. The minimum atomic E-state index is -0.511. The molecule has 0 amide bonds. The van der Waals surface area contributed by atoms with E-state index >= 15 is 0 Å². The average Bonchev–Trinajstić information content (AvgIpc) is 3.10. The summed E-state index contributed by atoms with van der Waals surface area (Å²) < 4.78 is 7.00. The van der Waals surface area contributed by atoms with Crippen molar-refractivity contribution in [3.63, 3.8) is 0 Å². The van der Waals surface area contributed by atoms with Gasteiger partial charge in [0.1, 0.15) is 18.1 Å². The highest BCUT2D eigenvalue weighted by Gasteiger charge is 2.27. The maximum atomic E-state index is 12.3. The number of rotatable bonds is 5. The smallest absolute Gasteiger partial charge is 0.368 e. The van der Waals surface area contributed by atoms with Crippen LogP contribution >= 0.6 is 27.5 Å². The molecule has 29 heavy (non-hydrogen) atoms. The van der Waals surface area contributed by atoms with Gasteiger partial charge in [0, 0.05) is 20.6 Å². The predicted molar refractivity (Wildman–Crippen MR) is 117 cm³/mol. The van der Waals surface area contributed by atoms with Crippen LogP contribution in [0.1, 0.15) is 16.7 Å². The lowest BCUT2D eigenvalue weighted by Crippen LogP contribution is -2.07. The zero-order valence-corrected chi connectivity index (χ0v) is 17.5. The van der Waals surface area contributed by atoms with Crippen molar-refractivity contribution in [2.75, 3.05) is 0 Å². The van der Waals surface area contributed by atoms with E-state index < -0.39 is 5.97 Å². The number of nitrogens with zero attached hydrogens (tertiary/aromatic N) is 1. The SMILES string of the molecule is O=C1ON=C(c2ccccc2)/C1=C/c1cc(Cl)ccc1OCc1ccc(Br)cc1. The van der Waals surface area contributed by atoms with E-state index in [0.29, 0.717) is 34.2 Å². The van der Waals surface area contributed by atoms with Crippen LogP contribution in [-0.2, 0) is 16.2 Å². The van der Waals surface area contributed by atoms with Crippen LogP contribution in [-0.4, -0.2) is 11.7 Å². The van der Waals surface area contributed by atoms with Crippen LogP contribution in [0.5, 0.6) is 5.75 Å². The van der Waals surface area contributed by atoms with Crippen molar-refractivity contribution >= 4 is 45.3 Å². The molecular formula is C23H15BrClNO3. The van der Waals surface area contributed by atoms with Crippen molar-refractivity contribution in [2.45, 2.75) is 6.61 Å². The zero-order chi connectivity index (χ0) is 20.2. The molecule has 0 radical (unpaired) electrons. The second-order valence-electron chi connectivity index (χ2n) is 6.34. The molecule has 144 valence electrons. The Kier molecular flexibility index (Phi) is 5.79. The van der Waals surface area contributed by atoms with E-state index in [4.69, 9.17) is 21.2 Å². The third kappa shape index (κ3) is 4.58. The molecule has 1 aliphatic rings. The van der Waals surface area contributed by atoms with E-state index in [1.54, 1.807) is 24.3 Å². The van der Waals surface area contributed by atoms with Gasteiger partial charge >= 0.3 is 5.97 Å². The molecular weight excluding hydrogens is 454 g/mol. The van der Waals surface area contributed by atoms with Gasteiger partial charge in [-0.05, 0) is 42.0 Å². The Labute approximate surface area is 181 Å². The lowest BCUT2D eigenvalue weighted by Gasteiger charge is -2.11. The van der Waals surface area contributed by atoms with E-state index in [1.165, 1.54) is 0 Å². The van der Waals surface area contributed by atoms with Crippen molar-refractivity contribution in [2.24, 2.45) is 5.16 Å². The summed E-state index contributed by atoms with van der Waals surface area (Å²) in [4.78, 5) is 17.2. The monoisotopic (exact) mass is 467 g/mol. The molecule has 0 unspecified atom stereocenters. The maximum absolute atomic E-state index is 12.3. The number of halogens is 2. The summed E-state index contributed by atoms with van der Waals surface area (Å²) >= 11 is 9.61. The molecule has 0 spiro atoms. The first-order chi connectivity index (χ1) is 14.1. The molecule has 4 nitrogen and oxygen atoms in total. The van der Waals surface area contributed by atoms with Crippen molar-refractivity contribution < 1.29 is 14.4 Å². The van der Waals surface area contributed by atoms with Gasteiger partial charge in [0.25, 0.3) is 0 Å². The third-order valence-electron chi connectivity index (χ3n) is 4.32. The molecule has 1 heterocycles. The number of hydrogen-bond donors (Lipinski definition) is 0. The quantitative estimate of drug-likeness (QED) is 0.339.